The first-order valence-corrected chi connectivity index (χ1v) is 7.92. The van der Waals surface area contributed by atoms with E-state index in [1.54, 1.807) is 24.3 Å². The average Bonchev–Trinajstić information content (AvgIpc) is 2.65. The molecule has 0 aromatic heterocycles. The Morgan fingerprint density at radius 1 is 0.929 bits per heavy atom. The smallest absolute Gasteiger partial charge is 0.460 e. The molecule has 2 aromatic rings. The highest BCUT2D eigenvalue weighted by Crippen LogP contribution is 2.40. The second-order valence-corrected chi connectivity index (χ2v) is 5.50. The molecule has 0 spiro atoms. The van der Waals surface area contributed by atoms with Crippen LogP contribution in [0.4, 0.5) is 26.3 Å². The Morgan fingerprint density at radius 3 is 2.11 bits per heavy atom. The van der Waals surface area contributed by atoms with Crippen molar-refractivity contribution in [2.45, 2.75) is 18.5 Å². The zero-order valence-electron chi connectivity index (χ0n) is 14.2. The van der Waals surface area contributed by atoms with E-state index in [-0.39, 0.29) is 18.7 Å². The molecular weight excluding hydrogens is 392 g/mol. The molecule has 28 heavy (non-hydrogen) atoms. The molecule has 4 nitrogen and oxygen atoms in total. The highest BCUT2D eigenvalue weighted by Gasteiger charge is 2.65. The summed E-state index contributed by atoms with van der Waals surface area (Å²) >= 11 is 0. The monoisotopic (exact) mass is 407 g/mol. The van der Waals surface area contributed by atoms with Crippen LogP contribution in [-0.4, -0.2) is 37.5 Å². The zero-order chi connectivity index (χ0) is 20.8. The SMILES string of the molecule is O=C(NCCOc1ccccc1)c1ccc(O[C@@H](F)C(F)(F)C(F)(F)F)cc1. The third-order valence-electron chi connectivity index (χ3n) is 3.42. The molecule has 0 unspecified atom stereocenters. The molecule has 2 aromatic carbocycles. The topological polar surface area (TPSA) is 47.6 Å². The maximum absolute atomic E-state index is 13.2. The van der Waals surface area contributed by atoms with Crippen LogP contribution in [0.5, 0.6) is 11.5 Å². The highest BCUT2D eigenvalue weighted by atomic mass is 19.4. The number of rotatable bonds is 8. The molecule has 1 N–H and O–H groups in total. The Bertz CT molecular complexity index is 765. The van der Waals surface area contributed by atoms with Gasteiger partial charge in [0.1, 0.15) is 18.1 Å². The van der Waals surface area contributed by atoms with E-state index in [1.165, 1.54) is 0 Å². The van der Waals surface area contributed by atoms with Crippen LogP contribution >= 0.6 is 0 Å². The molecule has 0 aliphatic carbocycles. The normalized spacial score (nSPS) is 12.9. The number of carbonyl (C=O) groups excluding carboxylic acids is 1. The van der Waals surface area contributed by atoms with E-state index in [4.69, 9.17) is 4.74 Å². The summed E-state index contributed by atoms with van der Waals surface area (Å²) in [6.07, 6.45) is -10.0. The van der Waals surface area contributed by atoms with Gasteiger partial charge in [-0.2, -0.15) is 26.3 Å². The first-order chi connectivity index (χ1) is 13.1. The predicted octanol–water partition coefficient (Wildman–Crippen LogP) is 4.37. The predicted molar refractivity (Wildman–Crippen MR) is 87.2 cm³/mol. The van der Waals surface area contributed by atoms with Crippen molar-refractivity contribution in [2.24, 2.45) is 0 Å². The summed E-state index contributed by atoms with van der Waals surface area (Å²) in [5.74, 6) is -6.17. The van der Waals surface area contributed by atoms with Gasteiger partial charge in [0, 0.05) is 5.56 Å². The van der Waals surface area contributed by atoms with Gasteiger partial charge in [-0.1, -0.05) is 18.2 Å². The molecule has 152 valence electrons. The largest absolute Gasteiger partial charge is 0.492 e. The number of amides is 1. The number of halogens is 6. The Labute approximate surface area is 156 Å². The van der Waals surface area contributed by atoms with Crippen molar-refractivity contribution in [2.75, 3.05) is 13.2 Å². The highest BCUT2D eigenvalue weighted by molar-refractivity contribution is 5.94. The van der Waals surface area contributed by atoms with Crippen LogP contribution < -0.4 is 14.8 Å². The van der Waals surface area contributed by atoms with Gasteiger partial charge >= 0.3 is 18.5 Å². The lowest BCUT2D eigenvalue weighted by atomic mass is 10.2. The zero-order valence-corrected chi connectivity index (χ0v) is 14.2. The molecule has 0 saturated heterocycles. The van der Waals surface area contributed by atoms with E-state index >= 15 is 0 Å². The Hall–Kier alpha value is -2.91. The molecule has 0 aliphatic heterocycles. The fourth-order valence-corrected chi connectivity index (χ4v) is 1.96. The van der Waals surface area contributed by atoms with Crippen molar-refractivity contribution in [3.63, 3.8) is 0 Å². The van der Waals surface area contributed by atoms with E-state index in [0.29, 0.717) is 5.75 Å². The molecule has 1 amide bonds. The molecule has 0 radical (unpaired) electrons. The van der Waals surface area contributed by atoms with Gasteiger partial charge in [0.05, 0.1) is 6.54 Å². The first-order valence-electron chi connectivity index (χ1n) is 7.92. The summed E-state index contributed by atoms with van der Waals surface area (Å²) in [4.78, 5) is 11.9. The van der Waals surface area contributed by atoms with Crippen LogP contribution in [0, 0.1) is 0 Å². The lowest BCUT2D eigenvalue weighted by Gasteiger charge is -2.23. The van der Waals surface area contributed by atoms with Gasteiger partial charge in [-0.25, -0.2) is 0 Å². The standard InChI is InChI=1S/C18H15F6NO3/c19-16(17(20,21)18(22,23)24)28-14-8-6-12(7-9-14)15(26)25-10-11-27-13-4-2-1-3-5-13/h1-9,16H,10-11H2,(H,25,26)/t16-/m1/s1. The van der Waals surface area contributed by atoms with Crippen molar-refractivity contribution < 1.29 is 40.6 Å². The number of benzene rings is 2. The summed E-state index contributed by atoms with van der Waals surface area (Å²) in [6, 6.07) is 12.9. The second-order valence-electron chi connectivity index (χ2n) is 5.50. The molecule has 0 aliphatic rings. The molecule has 0 heterocycles. The van der Waals surface area contributed by atoms with E-state index in [0.717, 1.165) is 24.3 Å². The molecule has 0 fully saturated rings. The second kappa shape index (κ2) is 8.85. The van der Waals surface area contributed by atoms with Crippen molar-refractivity contribution in [1.29, 1.82) is 0 Å². The maximum atomic E-state index is 13.2. The van der Waals surface area contributed by atoms with Crippen LogP contribution in [0.1, 0.15) is 10.4 Å². The van der Waals surface area contributed by atoms with Crippen LogP contribution in [0.2, 0.25) is 0 Å². The van der Waals surface area contributed by atoms with Crippen LogP contribution in [-0.2, 0) is 0 Å². The number of nitrogens with one attached hydrogen (secondary N) is 1. The number of para-hydroxylation sites is 1. The number of carbonyl (C=O) groups is 1. The minimum absolute atomic E-state index is 0.0741. The van der Waals surface area contributed by atoms with Gasteiger partial charge in [0.15, 0.2) is 0 Å². The van der Waals surface area contributed by atoms with Crippen LogP contribution in [0.3, 0.4) is 0 Å². The lowest BCUT2D eigenvalue weighted by Crippen LogP contribution is -2.47. The third kappa shape index (κ3) is 5.54. The number of ether oxygens (including phenoxy) is 2. The van der Waals surface area contributed by atoms with E-state index in [2.05, 4.69) is 10.1 Å². The summed E-state index contributed by atoms with van der Waals surface area (Å²) in [5, 5.41) is 2.53. The van der Waals surface area contributed by atoms with Gasteiger partial charge in [-0.15, -0.1) is 0 Å². The quantitative estimate of drug-likeness (QED) is 0.522. The summed E-state index contributed by atoms with van der Waals surface area (Å²) in [6.45, 7) is 0.351. The summed E-state index contributed by atoms with van der Waals surface area (Å²) < 4.78 is 84.4. The van der Waals surface area contributed by atoms with Gasteiger partial charge < -0.3 is 14.8 Å². The van der Waals surface area contributed by atoms with Gasteiger partial charge in [0.2, 0.25) is 0 Å². The molecule has 10 heteroatoms. The third-order valence-corrected chi connectivity index (χ3v) is 3.42. The van der Waals surface area contributed by atoms with E-state index < -0.39 is 30.1 Å². The Balaban J connectivity index is 1.83. The maximum Gasteiger partial charge on any atom is 0.460 e. The molecule has 1 atom stereocenters. The molecular formula is C18H15F6NO3. The summed E-state index contributed by atoms with van der Waals surface area (Å²) in [5.41, 5.74) is 0.0741. The van der Waals surface area contributed by atoms with E-state index in [9.17, 15) is 31.1 Å². The average molecular weight is 407 g/mol. The Morgan fingerprint density at radius 2 is 1.54 bits per heavy atom. The van der Waals surface area contributed by atoms with Gasteiger partial charge in [0.25, 0.3) is 5.91 Å². The fourth-order valence-electron chi connectivity index (χ4n) is 1.96. The molecule has 0 bridgehead atoms. The van der Waals surface area contributed by atoms with E-state index in [1.807, 2.05) is 6.07 Å². The van der Waals surface area contributed by atoms with Gasteiger partial charge in [-0.3, -0.25) is 4.79 Å². The Kier molecular flexibility index (Phi) is 6.76. The van der Waals surface area contributed by atoms with Crippen LogP contribution in [0.25, 0.3) is 0 Å². The lowest BCUT2D eigenvalue weighted by molar-refractivity contribution is -0.328. The van der Waals surface area contributed by atoms with Crippen molar-refractivity contribution in [1.82, 2.24) is 5.32 Å². The van der Waals surface area contributed by atoms with Crippen molar-refractivity contribution in [3.05, 3.63) is 60.2 Å². The minimum Gasteiger partial charge on any atom is -0.492 e. The molecule has 2 rings (SSSR count). The summed E-state index contributed by atoms with van der Waals surface area (Å²) in [7, 11) is 0. The minimum atomic E-state index is -6.09. The first kappa shape index (κ1) is 21.4. The van der Waals surface area contributed by atoms with Crippen molar-refractivity contribution in [3.8, 4) is 11.5 Å². The number of hydrogen-bond donors (Lipinski definition) is 1. The number of alkyl halides is 6. The number of hydrogen-bond acceptors (Lipinski definition) is 3. The van der Waals surface area contributed by atoms with Crippen LogP contribution in [0.15, 0.2) is 54.6 Å². The molecule has 0 saturated carbocycles. The van der Waals surface area contributed by atoms with Crippen molar-refractivity contribution >= 4 is 5.91 Å². The van der Waals surface area contributed by atoms with Gasteiger partial charge in [-0.05, 0) is 36.4 Å². The fraction of sp³-hybridized carbons (Fsp3) is 0.278.